The fraction of sp³-hybridized carbons (Fsp3) is 0.972. The van der Waals surface area contributed by atoms with Gasteiger partial charge in [-0.3, -0.25) is 4.79 Å². The molecule has 2 heteroatoms. The average molecular weight is 517 g/mol. The minimum atomic E-state index is -0.140. The first-order valence-electron chi connectivity index (χ1n) is 17.7. The summed E-state index contributed by atoms with van der Waals surface area (Å²) in [7, 11) is 0. The molecule has 11 saturated carbocycles. The maximum atomic E-state index is 14.1. The summed E-state index contributed by atoms with van der Waals surface area (Å²) in [6, 6.07) is 0. The molecule has 208 valence electrons. The number of rotatable bonds is 4. The van der Waals surface area contributed by atoms with Crippen molar-refractivity contribution in [3.63, 3.8) is 0 Å². The molecule has 11 rings (SSSR count). The van der Waals surface area contributed by atoms with Crippen LogP contribution in [0.3, 0.4) is 0 Å². The predicted molar refractivity (Wildman–Crippen MR) is 148 cm³/mol. The van der Waals surface area contributed by atoms with Crippen LogP contribution in [0.25, 0.3) is 0 Å². The molecular formula is C36H52O2. The van der Waals surface area contributed by atoms with E-state index in [1.165, 1.54) is 57.8 Å². The Bertz CT molecular complexity index is 1020. The Labute approximate surface area is 231 Å². The highest BCUT2D eigenvalue weighted by Gasteiger charge is 2.76. The third-order valence-electron chi connectivity index (χ3n) is 17.2. The number of hydrogen-bond donors (Lipinski definition) is 0. The Morgan fingerprint density at radius 1 is 0.605 bits per heavy atom. The zero-order chi connectivity index (χ0) is 25.2. The summed E-state index contributed by atoms with van der Waals surface area (Å²) in [5, 5.41) is 0. The highest BCUT2D eigenvalue weighted by Crippen LogP contribution is 2.81. The zero-order valence-electron chi connectivity index (χ0n) is 24.3. The minimum absolute atomic E-state index is 0.140. The van der Waals surface area contributed by atoms with Gasteiger partial charge in [-0.25, -0.2) is 0 Å². The second-order valence-corrected chi connectivity index (χ2v) is 17.6. The number of carbonyl (C=O) groups is 1. The molecule has 0 aromatic heterocycles. The standard InChI is InChI=1S/C36H52O2/c1-4-18-11-19(5-2)30-26-14-25(29(18)30)33-27-15-28(34(26)33)32-23-12-20(31(27)32)13-24(23)35(37)38-36(3)21-7-16-6-17(9-21)10-22(36)8-16/h16-34H,4-15H2,1-3H3. The second-order valence-electron chi connectivity index (χ2n) is 17.6. The van der Waals surface area contributed by atoms with Crippen LogP contribution in [0.5, 0.6) is 0 Å². The Balaban J connectivity index is 0.907. The van der Waals surface area contributed by atoms with Crippen molar-refractivity contribution in [2.45, 2.75) is 103 Å². The Morgan fingerprint density at radius 3 is 1.71 bits per heavy atom. The van der Waals surface area contributed by atoms with Gasteiger partial charge < -0.3 is 4.74 Å². The van der Waals surface area contributed by atoms with Crippen molar-refractivity contribution in [1.82, 2.24) is 0 Å². The van der Waals surface area contributed by atoms with Crippen LogP contribution in [-0.2, 0) is 9.53 Å². The van der Waals surface area contributed by atoms with Gasteiger partial charge in [0, 0.05) is 0 Å². The number of fused-ring (bicyclic) bond motifs is 19. The summed E-state index contributed by atoms with van der Waals surface area (Å²) in [5.74, 6) is 17.7. The van der Waals surface area contributed by atoms with E-state index in [-0.39, 0.29) is 17.5 Å². The number of esters is 1. The summed E-state index contributed by atoms with van der Waals surface area (Å²) >= 11 is 0. The zero-order valence-corrected chi connectivity index (χ0v) is 24.3. The lowest BCUT2D eigenvalue weighted by molar-refractivity contribution is -0.209. The van der Waals surface area contributed by atoms with Crippen LogP contribution in [0, 0.1) is 112 Å². The van der Waals surface area contributed by atoms with Crippen LogP contribution >= 0.6 is 0 Å². The average Bonchev–Trinajstić information content (AvgIpc) is 3.74. The van der Waals surface area contributed by atoms with Gasteiger partial charge in [-0.2, -0.15) is 0 Å². The van der Waals surface area contributed by atoms with Crippen LogP contribution in [0.2, 0.25) is 0 Å². The summed E-state index contributed by atoms with van der Waals surface area (Å²) < 4.78 is 6.79. The first-order valence-corrected chi connectivity index (χ1v) is 17.7. The summed E-state index contributed by atoms with van der Waals surface area (Å²) in [4.78, 5) is 14.1. The van der Waals surface area contributed by atoms with E-state index in [0.717, 1.165) is 88.8 Å². The van der Waals surface area contributed by atoms with E-state index in [0.29, 0.717) is 17.8 Å². The number of hydrogen-bond acceptors (Lipinski definition) is 2. The third-order valence-corrected chi connectivity index (χ3v) is 17.2. The molecule has 38 heavy (non-hydrogen) atoms. The lowest BCUT2D eigenvalue weighted by Crippen LogP contribution is -2.58. The monoisotopic (exact) mass is 516 g/mol. The van der Waals surface area contributed by atoms with Gasteiger partial charge in [0.25, 0.3) is 0 Å². The highest BCUT2D eigenvalue weighted by molar-refractivity contribution is 5.74. The topological polar surface area (TPSA) is 26.3 Å². The van der Waals surface area contributed by atoms with Gasteiger partial charge in [0.05, 0.1) is 5.92 Å². The molecule has 0 aliphatic heterocycles. The van der Waals surface area contributed by atoms with Crippen molar-refractivity contribution in [3.8, 4) is 0 Å². The molecule has 15 atom stereocenters. The van der Waals surface area contributed by atoms with Crippen LogP contribution in [0.1, 0.15) is 97.8 Å². The van der Waals surface area contributed by atoms with Gasteiger partial charge in [0.2, 0.25) is 0 Å². The lowest BCUT2D eigenvalue weighted by atomic mass is 9.50. The number of ether oxygens (including phenoxy) is 1. The van der Waals surface area contributed by atoms with Crippen molar-refractivity contribution in [3.05, 3.63) is 0 Å². The molecule has 2 nitrogen and oxygen atoms in total. The molecular weight excluding hydrogens is 464 g/mol. The molecule has 10 bridgehead atoms. The van der Waals surface area contributed by atoms with E-state index in [2.05, 4.69) is 20.8 Å². The first kappa shape index (κ1) is 23.1. The van der Waals surface area contributed by atoms with Gasteiger partial charge in [0.15, 0.2) is 0 Å². The molecule has 0 radical (unpaired) electrons. The summed E-state index contributed by atoms with van der Waals surface area (Å²) in [6.07, 6.45) is 17.0. The Morgan fingerprint density at radius 2 is 1.13 bits per heavy atom. The Kier molecular flexibility index (Phi) is 4.53. The molecule has 0 amide bonds. The van der Waals surface area contributed by atoms with Gasteiger partial charge in [-0.1, -0.05) is 26.7 Å². The van der Waals surface area contributed by atoms with Crippen molar-refractivity contribution in [2.24, 2.45) is 112 Å². The minimum Gasteiger partial charge on any atom is -0.459 e. The Hall–Kier alpha value is -0.530. The van der Waals surface area contributed by atoms with Crippen LogP contribution < -0.4 is 0 Å². The molecule has 0 spiro atoms. The van der Waals surface area contributed by atoms with E-state index in [1.807, 2.05) is 0 Å². The molecule has 0 N–H and O–H groups in total. The van der Waals surface area contributed by atoms with E-state index < -0.39 is 0 Å². The molecule has 0 aromatic carbocycles. The molecule has 0 heterocycles. The molecule has 15 unspecified atom stereocenters. The highest BCUT2D eigenvalue weighted by atomic mass is 16.6. The smallest absolute Gasteiger partial charge is 0.309 e. The van der Waals surface area contributed by atoms with Gasteiger partial charge in [0.1, 0.15) is 5.60 Å². The SMILES string of the molecule is CCC1CC(CC)C2C3CC(C12)C1C2CC(C4C5CC(CC5C(=O)OC5(C)C6CC7CC(C6)CC5C7)C24)C31. The number of carbonyl (C=O) groups excluding carboxylic acids is 1. The van der Waals surface area contributed by atoms with Gasteiger partial charge in [-0.15, -0.1) is 0 Å². The second kappa shape index (κ2) is 7.45. The third kappa shape index (κ3) is 2.55. The fourth-order valence-corrected chi connectivity index (χ4v) is 16.7. The van der Waals surface area contributed by atoms with E-state index in [1.54, 1.807) is 19.3 Å². The van der Waals surface area contributed by atoms with Crippen LogP contribution in [0.4, 0.5) is 0 Å². The molecule has 0 saturated heterocycles. The molecule has 11 aliphatic carbocycles. The van der Waals surface area contributed by atoms with Crippen molar-refractivity contribution in [2.75, 3.05) is 0 Å². The van der Waals surface area contributed by atoms with Crippen molar-refractivity contribution >= 4 is 5.97 Å². The van der Waals surface area contributed by atoms with Crippen LogP contribution in [-0.4, -0.2) is 11.6 Å². The maximum Gasteiger partial charge on any atom is 0.309 e. The van der Waals surface area contributed by atoms with Gasteiger partial charge >= 0.3 is 5.97 Å². The van der Waals surface area contributed by atoms with E-state index in [9.17, 15) is 4.79 Å². The summed E-state index contributed by atoms with van der Waals surface area (Å²) in [5.41, 5.74) is -0.140. The van der Waals surface area contributed by atoms with E-state index >= 15 is 0 Å². The molecule has 11 fully saturated rings. The largest absolute Gasteiger partial charge is 0.459 e. The summed E-state index contributed by atoms with van der Waals surface area (Å²) in [6.45, 7) is 7.37. The van der Waals surface area contributed by atoms with Crippen molar-refractivity contribution in [1.29, 1.82) is 0 Å². The molecule has 11 aliphatic rings. The quantitative estimate of drug-likeness (QED) is 0.281. The van der Waals surface area contributed by atoms with Gasteiger partial charge in [-0.05, 0) is 178 Å². The predicted octanol–water partition coefficient (Wildman–Crippen LogP) is 7.85. The fourth-order valence-electron chi connectivity index (χ4n) is 16.7. The van der Waals surface area contributed by atoms with E-state index in [4.69, 9.17) is 4.74 Å². The maximum absolute atomic E-state index is 14.1. The first-order chi connectivity index (χ1) is 18.5. The lowest BCUT2D eigenvalue weighted by Gasteiger charge is -2.59. The molecule has 0 aromatic rings. The van der Waals surface area contributed by atoms with Crippen LogP contribution in [0.15, 0.2) is 0 Å². The normalized spacial score (nSPS) is 67.0. The van der Waals surface area contributed by atoms with Crippen molar-refractivity contribution < 1.29 is 9.53 Å².